The van der Waals surface area contributed by atoms with Gasteiger partial charge in [-0.1, -0.05) is 19.9 Å². The number of nitriles is 1. The van der Waals surface area contributed by atoms with Crippen LogP contribution in [0.2, 0.25) is 0 Å². The molecule has 0 bridgehead atoms. The maximum atomic E-state index is 12.2. The number of amides is 1. The van der Waals surface area contributed by atoms with Crippen molar-refractivity contribution in [3.05, 3.63) is 24.3 Å². The minimum Gasteiger partial charge on any atom is -0.325 e. The molecule has 6 nitrogen and oxygen atoms in total. The van der Waals surface area contributed by atoms with Crippen molar-refractivity contribution in [3.63, 3.8) is 0 Å². The number of nitrogens with zero attached hydrogens (tertiary/aromatic N) is 1. The fraction of sp³-hybridized carbons (Fsp3) is 0.385. The van der Waals surface area contributed by atoms with Crippen LogP contribution in [0.15, 0.2) is 29.2 Å². The lowest BCUT2D eigenvalue weighted by Crippen LogP contribution is -2.34. The Kier molecular flexibility index (Phi) is 4.87. The molecule has 0 saturated carbocycles. The molecule has 108 valence electrons. The summed E-state index contributed by atoms with van der Waals surface area (Å²) in [6.07, 6.45) is 0.751. The number of anilines is 1. The summed E-state index contributed by atoms with van der Waals surface area (Å²) in [6.45, 7) is 3.51. The fourth-order valence-corrected chi connectivity index (χ4v) is 2.34. The van der Waals surface area contributed by atoms with Crippen LogP contribution in [0.4, 0.5) is 5.69 Å². The number of hydrogen-bond donors (Lipinski definition) is 2. The van der Waals surface area contributed by atoms with Gasteiger partial charge in [-0.05, 0) is 31.0 Å². The number of carbonyl (C=O) groups is 1. The van der Waals surface area contributed by atoms with Crippen LogP contribution in [-0.2, 0) is 14.8 Å². The minimum atomic E-state index is -3.83. The molecule has 0 atom stereocenters. The summed E-state index contributed by atoms with van der Waals surface area (Å²) in [7, 11) is -3.83. The number of hydrogen-bond acceptors (Lipinski definition) is 4. The highest BCUT2D eigenvalue weighted by Crippen LogP contribution is 2.27. The van der Waals surface area contributed by atoms with Crippen LogP contribution < -0.4 is 10.5 Å². The first-order valence-corrected chi connectivity index (χ1v) is 7.69. The molecule has 0 unspecified atom stereocenters. The van der Waals surface area contributed by atoms with Gasteiger partial charge in [-0.25, -0.2) is 13.6 Å². The van der Waals surface area contributed by atoms with Crippen LogP contribution in [0.3, 0.4) is 0 Å². The van der Waals surface area contributed by atoms with E-state index < -0.39 is 21.3 Å². The molecule has 0 radical (unpaired) electrons. The summed E-state index contributed by atoms with van der Waals surface area (Å²) in [5.74, 6) is -0.448. The molecule has 1 amide bonds. The van der Waals surface area contributed by atoms with Crippen LogP contribution in [0.25, 0.3) is 0 Å². The highest BCUT2D eigenvalue weighted by atomic mass is 32.2. The van der Waals surface area contributed by atoms with Gasteiger partial charge in [0.05, 0.1) is 11.0 Å². The van der Waals surface area contributed by atoms with Gasteiger partial charge in [-0.3, -0.25) is 4.79 Å². The first kappa shape index (κ1) is 16.1. The van der Waals surface area contributed by atoms with E-state index in [2.05, 4.69) is 5.32 Å². The van der Waals surface area contributed by atoms with Crippen LogP contribution in [0, 0.1) is 16.7 Å². The van der Waals surface area contributed by atoms with Crippen molar-refractivity contribution in [1.82, 2.24) is 0 Å². The molecular formula is C13H17N3O3S. The zero-order chi connectivity index (χ0) is 15.4. The van der Waals surface area contributed by atoms with Gasteiger partial charge in [0.15, 0.2) is 0 Å². The molecule has 0 aliphatic carbocycles. The van der Waals surface area contributed by atoms with Crippen LogP contribution in [0.1, 0.15) is 26.7 Å². The van der Waals surface area contributed by atoms with Crippen LogP contribution in [-0.4, -0.2) is 14.3 Å². The second-order valence-electron chi connectivity index (χ2n) is 4.43. The normalized spacial score (nSPS) is 11.7. The van der Waals surface area contributed by atoms with Gasteiger partial charge in [0.1, 0.15) is 5.41 Å². The largest absolute Gasteiger partial charge is 0.325 e. The number of rotatable bonds is 5. The van der Waals surface area contributed by atoms with E-state index in [1.54, 1.807) is 19.9 Å². The Labute approximate surface area is 118 Å². The maximum absolute atomic E-state index is 12.2. The van der Waals surface area contributed by atoms with Crippen molar-refractivity contribution < 1.29 is 13.2 Å². The lowest BCUT2D eigenvalue weighted by molar-refractivity contribution is -0.123. The van der Waals surface area contributed by atoms with Crippen molar-refractivity contribution in [2.24, 2.45) is 10.6 Å². The number of sulfonamides is 1. The third kappa shape index (κ3) is 3.35. The number of carbonyl (C=O) groups excluding carboxylic acids is 1. The van der Waals surface area contributed by atoms with E-state index in [9.17, 15) is 18.5 Å². The zero-order valence-corrected chi connectivity index (χ0v) is 12.2. The Balaban J connectivity index is 3.06. The SMILES string of the molecule is CCC(C#N)(CC)C(=O)Nc1cccc(S(N)(=O)=O)c1. The van der Waals surface area contributed by atoms with Gasteiger partial charge in [0.2, 0.25) is 15.9 Å². The van der Waals surface area contributed by atoms with Crippen molar-refractivity contribution in [3.8, 4) is 6.07 Å². The molecule has 0 aliphatic rings. The van der Waals surface area contributed by atoms with E-state index in [1.165, 1.54) is 18.2 Å². The molecule has 7 heteroatoms. The van der Waals surface area contributed by atoms with Crippen molar-refractivity contribution in [1.29, 1.82) is 5.26 Å². The predicted octanol–water partition coefficient (Wildman–Crippen LogP) is 1.60. The quantitative estimate of drug-likeness (QED) is 0.858. The Hall–Kier alpha value is -1.91. The number of nitrogens with one attached hydrogen (secondary N) is 1. The Morgan fingerprint density at radius 2 is 2.00 bits per heavy atom. The second-order valence-corrected chi connectivity index (χ2v) is 5.99. The van der Waals surface area contributed by atoms with E-state index in [0.717, 1.165) is 0 Å². The number of primary sulfonamides is 1. The minimum absolute atomic E-state index is 0.0918. The summed E-state index contributed by atoms with van der Waals surface area (Å²) in [4.78, 5) is 12.1. The average Bonchev–Trinajstić information content (AvgIpc) is 2.41. The summed E-state index contributed by atoms with van der Waals surface area (Å²) in [5, 5.41) is 16.8. The average molecular weight is 295 g/mol. The van der Waals surface area contributed by atoms with Crippen molar-refractivity contribution >= 4 is 21.6 Å². The topological polar surface area (TPSA) is 113 Å². The Morgan fingerprint density at radius 1 is 1.40 bits per heavy atom. The highest BCUT2D eigenvalue weighted by Gasteiger charge is 2.35. The Morgan fingerprint density at radius 3 is 2.45 bits per heavy atom. The predicted molar refractivity (Wildman–Crippen MR) is 75.1 cm³/mol. The molecule has 1 rings (SSSR count). The maximum Gasteiger partial charge on any atom is 0.244 e. The van der Waals surface area contributed by atoms with Gasteiger partial charge >= 0.3 is 0 Å². The van der Waals surface area contributed by atoms with Crippen LogP contribution >= 0.6 is 0 Å². The van der Waals surface area contributed by atoms with Crippen molar-refractivity contribution in [2.45, 2.75) is 31.6 Å². The van der Waals surface area contributed by atoms with Gasteiger partial charge in [-0.15, -0.1) is 0 Å². The molecule has 0 fully saturated rings. The van der Waals surface area contributed by atoms with E-state index in [1.807, 2.05) is 6.07 Å². The molecule has 0 aliphatic heterocycles. The molecule has 0 aromatic heterocycles. The second kappa shape index (κ2) is 6.03. The molecule has 1 aromatic rings. The summed E-state index contributed by atoms with van der Waals surface area (Å²) in [6, 6.07) is 7.64. The lowest BCUT2D eigenvalue weighted by Gasteiger charge is -2.22. The number of nitrogens with two attached hydrogens (primary N) is 1. The van der Waals surface area contributed by atoms with E-state index in [-0.39, 0.29) is 4.90 Å². The Bertz CT molecular complexity index is 643. The molecular weight excluding hydrogens is 278 g/mol. The summed E-state index contributed by atoms with van der Waals surface area (Å²) >= 11 is 0. The van der Waals surface area contributed by atoms with Gasteiger partial charge in [-0.2, -0.15) is 5.26 Å². The monoisotopic (exact) mass is 295 g/mol. The van der Waals surface area contributed by atoms with Gasteiger partial charge < -0.3 is 5.32 Å². The highest BCUT2D eigenvalue weighted by molar-refractivity contribution is 7.89. The molecule has 1 aromatic carbocycles. The fourth-order valence-electron chi connectivity index (χ4n) is 1.78. The van der Waals surface area contributed by atoms with Crippen LogP contribution in [0.5, 0.6) is 0 Å². The molecule has 20 heavy (non-hydrogen) atoms. The molecule has 0 heterocycles. The van der Waals surface area contributed by atoms with Gasteiger partial charge in [0, 0.05) is 5.69 Å². The zero-order valence-electron chi connectivity index (χ0n) is 11.4. The summed E-state index contributed by atoms with van der Waals surface area (Å²) in [5.41, 5.74) is -0.819. The van der Waals surface area contributed by atoms with E-state index >= 15 is 0 Å². The lowest BCUT2D eigenvalue weighted by atomic mass is 9.83. The number of benzene rings is 1. The first-order chi connectivity index (χ1) is 9.29. The third-order valence-electron chi connectivity index (χ3n) is 3.28. The third-order valence-corrected chi connectivity index (χ3v) is 4.19. The van der Waals surface area contributed by atoms with E-state index in [0.29, 0.717) is 18.5 Å². The first-order valence-electron chi connectivity index (χ1n) is 6.14. The van der Waals surface area contributed by atoms with Gasteiger partial charge in [0.25, 0.3) is 0 Å². The molecule has 0 saturated heterocycles. The summed E-state index contributed by atoms with van der Waals surface area (Å²) < 4.78 is 22.5. The van der Waals surface area contributed by atoms with E-state index in [4.69, 9.17) is 5.14 Å². The standard InChI is InChI=1S/C13H17N3O3S/c1-3-13(4-2,9-14)12(17)16-10-6-5-7-11(8-10)20(15,18)19/h5-8H,3-4H2,1-2H3,(H,16,17)(H2,15,18,19). The molecule has 3 N–H and O–H groups in total. The smallest absolute Gasteiger partial charge is 0.244 e. The van der Waals surface area contributed by atoms with Crippen molar-refractivity contribution in [2.75, 3.05) is 5.32 Å². The molecule has 0 spiro atoms.